The maximum absolute atomic E-state index is 12.2. The van der Waals surface area contributed by atoms with Crippen LogP contribution in [0.1, 0.15) is 11.3 Å². The van der Waals surface area contributed by atoms with Crippen LogP contribution in [0.4, 0.5) is 13.2 Å². The highest BCUT2D eigenvalue weighted by molar-refractivity contribution is 5.73. The SMILES string of the molecule is COC(=O)Cc1cc(OC(F)(F)F)c(OC)nc1C. The number of esters is 1. The van der Waals surface area contributed by atoms with Crippen molar-refractivity contribution in [2.75, 3.05) is 14.2 Å². The van der Waals surface area contributed by atoms with Crippen molar-refractivity contribution in [2.45, 2.75) is 19.7 Å². The van der Waals surface area contributed by atoms with E-state index in [1.165, 1.54) is 21.1 Å². The molecule has 0 aliphatic rings. The molecule has 0 aromatic carbocycles. The molecule has 8 heteroatoms. The molecule has 0 bridgehead atoms. The molecule has 1 heterocycles. The Kier molecular flexibility index (Phi) is 4.57. The van der Waals surface area contributed by atoms with Crippen molar-refractivity contribution in [1.82, 2.24) is 4.98 Å². The van der Waals surface area contributed by atoms with Gasteiger partial charge in [-0.3, -0.25) is 4.79 Å². The van der Waals surface area contributed by atoms with Gasteiger partial charge in [-0.2, -0.15) is 0 Å². The number of carbonyl (C=O) groups is 1. The first-order chi connectivity index (χ1) is 8.76. The molecule has 0 amide bonds. The van der Waals surface area contributed by atoms with Crippen molar-refractivity contribution < 1.29 is 32.2 Å². The van der Waals surface area contributed by atoms with Crippen LogP contribution in [0.15, 0.2) is 6.07 Å². The minimum atomic E-state index is -4.87. The van der Waals surface area contributed by atoms with Gasteiger partial charge in [0.25, 0.3) is 5.88 Å². The van der Waals surface area contributed by atoms with Crippen LogP contribution >= 0.6 is 0 Å². The molecule has 0 unspecified atom stereocenters. The number of ether oxygens (including phenoxy) is 3. The van der Waals surface area contributed by atoms with Gasteiger partial charge in [-0.1, -0.05) is 0 Å². The fourth-order valence-electron chi connectivity index (χ4n) is 1.35. The van der Waals surface area contributed by atoms with Crippen molar-refractivity contribution in [3.05, 3.63) is 17.3 Å². The molecule has 19 heavy (non-hydrogen) atoms. The maximum Gasteiger partial charge on any atom is 0.573 e. The van der Waals surface area contributed by atoms with E-state index in [2.05, 4.69) is 14.5 Å². The lowest BCUT2D eigenvalue weighted by Gasteiger charge is -2.14. The first-order valence-corrected chi connectivity index (χ1v) is 5.14. The third-order valence-electron chi connectivity index (χ3n) is 2.23. The molecule has 5 nitrogen and oxygen atoms in total. The molecule has 1 rings (SSSR count). The summed E-state index contributed by atoms with van der Waals surface area (Å²) in [4.78, 5) is 14.9. The Morgan fingerprint density at radius 3 is 2.47 bits per heavy atom. The van der Waals surface area contributed by atoms with Crippen molar-refractivity contribution in [1.29, 1.82) is 0 Å². The Bertz CT molecular complexity index is 474. The zero-order valence-corrected chi connectivity index (χ0v) is 10.5. The number of aryl methyl sites for hydroxylation is 1. The van der Waals surface area contributed by atoms with Crippen LogP contribution in [0.25, 0.3) is 0 Å². The Balaban J connectivity index is 3.14. The van der Waals surface area contributed by atoms with E-state index in [1.54, 1.807) is 0 Å². The molecule has 0 radical (unpaired) electrons. The third-order valence-corrected chi connectivity index (χ3v) is 2.23. The first-order valence-electron chi connectivity index (χ1n) is 5.14. The summed E-state index contributed by atoms with van der Waals surface area (Å²) >= 11 is 0. The molecule has 0 fully saturated rings. The molecule has 0 aliphatic heterocycles. The Morgan fingerprint density at radius 2 is 2.00 bits per heavy atom. The smallest absolute Gasteiger partial charge is 0.478 e. The summed E-state index contributed by atoms with van der Waals surface area (Å²) in [6.07, 6.45) is -5.07. The predicted octanol–water partition coefficient (Wildman–Crippen LogP) is 2.01. The number of alkyl halides is 3. The van der Waals surface area contributed by atoms with Crippen LogP contribution < -0.4 is 9.47 Å². The number of halogens is 3. The van der Waals surface area contributed by atoms with Gasteiger partial charge in [0.05, 0.1) is 20.6 Å². The lowest BCUT2D eigenvalue weighted by atomic mass is 10.1. The van der Waals surface area contributed by atoms with E-state index >= 15 is 0 Å². The second kappa shape index (κ2) is 5.77. The van der Waals surface area contributed by atoms with Gasteiger partial charge in [0.2, 0.25) is 0 Å². The molecular weight excluding hydrogens is 267 g/mol. The maximum atomic E-state index is 12.2. The molecule has 1 aromatic rings. The zero-order valence-electron chi connectivity index (χ0n) is 10.5. The molecule has 0 aliphatic carbocycles. The predicted molar refractivity (Wildman–Crippen MR) is 57.9 cm³/mol. The number of hydrogen-bond acceptors (Lipinski definition) is 5. The molecule has 0 spiro atoms. The monoisotopic (exact) mass is 279 g/mol. The van der Waals surface area contributed by atoms with E-state index in [1.807, 2.05) is 0 Å². The van der Waals surface area contributed by atoms with Gasteiger partial charge in [-0.25, -0.2) is 4.98 Å². The van der Waals surface area contributed by atoms with Crippen molar-refractivity contribution in [3.63, 3.8) is 0 Å². The second-order valence-corrected chi connectivity index (χ2v) is 3.54. The van der Waals surface area contributed by atoms with Crippen molar-refractivity contribution >= 4 is 5.97 Å². The number of nitrogens with zero attached hydrogens (tertiary/aromatic N) is 1. The molecule has 0 atom stereocenters. The molecule has 0 N–H and O–H groups in total. The van der Waals surface area contributed by atoms with E-state index < -0.39 is 18.1 Å². The fraction of sp³-hybridized carbons (Fsp3) is 0.455. The Hall–Kier alpha value is -1.99. The average Bonchev–Trinajstić information content (AvgIpc) is 2.30. The van der Waals surface area contributed by atoms with E-state index in [4.69, 9.17) is 4.74 Å². The van der Waals surface area contributed by atoms with Crippen LogP contribution in [0, 0.1) is 6.92 Å². The van der Waals surface area contributed by atoms with Crippen LogP contribution in [0.3, 0.4) is 0 Å². The summed E-state index contributed by atoms with van der Waals surface area (Å²) in [5.41, 5.74) is 0.628. The normalized spacial score (nSPS) is 11.1. The molecular formula is C11H12F3NO4. The molecule has 0 saturated heterocycles. The lowest BCUT2D eigenvalue weighted by Crippen LogP contribution is -2.18. The summed E-state index contributed by atoms with van der Waals surface area (Å²) < 4.78 is 49.6. The van der Waals surface area contributed by atoms with Gasteiger partial charge < -0.3 is 14.2 Å². The van der Waals surface area contributed by atoms with Crippen LogP contribution in [-0.2, 0) is 16.0 Å². The lowest BCUT2D eigenvalue weighted by molar-refractivity contribution is -0.275. The average molecular weight is 279 g/mol. The molecule has 0 saturated carbocycles. The van der Waals surface area contributed by atoms with Crippen LogP contribution in [0.5, 0.6) is 11.6 Å². The topological polar surface area (TPSA) is 57.7 Å². The number of aromatic nitrogens is 1. The zero-order chi connectivity index (χ0) is 14.6. The highest BCUT2D eigenvalue weighted by Gasteiger charge is 2.33. The summed E-state index contributed by atoms with van der Waals surface area (Å²) in [5.74, 6) is -1.49. The number of hydrogen-bond donors (Lipinski definition) is 0. The number of carbonyl (C=O) groups excluding carboxylic acids is 1. The standard InChI is InChI=1S/C11H12F3NO4/c1-6-7(5-9(16)17-2)4-8(10(15-6)18-3)19-11(12,13)14/h4H,5H2,1-3H3. The summed E-state index contributed by atoms with van der Waals surface area (Å²) in [6, 6.07) is 1.06. The summed E-state index contributed by atoms with van der Waals surface area (Å²) in [6.45, 7) is 1.54. The van der Waals surface area contributed by atoms with E-state index in [9.17, 15) is 18.0 Å². The van der Waals surface area contributed by atoms with Crippen LogP contribution in [0.2, 0.25) is 0 Å². The van der Waals surface area contributed by atoms with E-state index in [-0.39, 0.29) is 17.9 Å². The quantitative estimate of drug-likeness (QED) is 0.789. The van der Waals surface area contributed by atoms with E-state index in [0.717, 1.165) is 6.07 Å². The third kappa shape index (κ3) is 4.31. The largest absolute Gasteiger partial charge is 0.573 e. The van der Waals surface area contributed by atoms with Crippen molar-refractivity contribution in [2.24, 2.45) is 0 Å². The fourth-order valence-corrected chi connectivity index (χ4v) is 1.35. The number of methoxy groups -OCH3 is 2. The minimum absolute atomic E-state index is 0.201. The van der Waals surface area contributed by atoms with Crippen molar-refractivity contribution in [3.8, 4) is 11.6 Å². The molecule has 1 aromatic heterocycles. The first kappa shape index (κ1) is 15.1. The van der Waals surface area contributed by atoms with Gasteiger partial charge in [0.1, 0.15) is 0 Å². The van der Waals surface area contributed by atoms with Crippen LogP contribution in [-0.4, -0.2) is 31.5 Å². The highest BCUT2D eigenvalue weighted by atomic mass is 19.4. The summed E-state index contributed by atoms with van der Waals surface area (Å²) in [5, 5.41) is 0. The Morgan fingerprint density at radius 1 is 1.37 bits per heavy atom. The van der Waals surface area contributed by atoms with Gasteiger partial charge >= 0.3 is 12.3 Å². The molecule has 106 valence electrons. The van der Waals surface area contributed by atoms with Gasteiger partial charge in [0, 0.05) is 5.69 Å². The van der Waals surface area contributed by atoms with Gasteiger partial charge in [0.15, 0.2) is 5.75 Å². The number of pyridine rings is 1. The van der Waals surface area contributed by atoms with Gasteiger partial charge in [-0.15, -0.1) is 13.2 Å². The number of rotatable bonds is 4. The van der Waals surface area contributed by atoms with Gasteiger partial charge in [-0.05, 0) is 18.6 Å². The Labute approximate surface area is 107 Å². The highest BCUT2D eigenvalue weighted by Crippen LogP contribution is 2.32. The van der Waals surface area contributed by atoms with E-state index in [0.29, 0.717) is 5.69 Å². The summed E-state index contributed by atoms with van der Waals surface area (Å²) in [7, 11) is 2.35. The second-order valence-electron chi connectivity index (χ2n) is 3.54. The minimum Gasteiger partial charge on any atom is -0.478 e.